The van der Waals surface area contributed by atoms with Gasteiger partial charge in [-0.3, -0.25) is 4.40 Å². The first-order chi connectivity index (χ1) is 8.75. The van der Waals surface area contributed by atoms with E-state index in [4.69, 9.17) is 9.84 Å². The van der Waals surface area contributed by atoms with Gasteiger partial charge in [0, 0.05) is 12.8 Å². The van der Waals surface area contributed by atoms with E-state index >= 15 is 0 Å². The van der Waals surface area contributed by atoms with Gasteiger partial charge in [0.1, 0.15) is 6.10 Å². The fourth-order valence-corrected chi connectivity index (χ4v) is 2.21. The zero-order valence-corrected chi connectivity index (χ0v) is 9.74. The van der Waals surface area contributed by atoms with E-state index in [0.717, 1.165) is 31.7 Å². The Balaban J connectivity index is 2.01. The quantitative estimate of drug-likeness (QED) is 0.873. The number of carboxylic acid groups (broad SMARTS) is 1. The largest absolute Gasteiger partial charge is 0.478 e. The highest BCUT2D eigenvalue weighted by Crippen LogP contribution is 2.26. The molecular formula is C12H13N3O3. The number of fused-ring (bicyclic) bond motifs is 1. The highest BCUT2D eigenvalue weighted by atomic mass is 16.5. The van der Waals surface area contributed by atoms with Crippen molar-refractivity contribution in [3.05, 3.63) is 29.7 Å². The Bertz CT molecular complexity index is 587. The van der Waals surface area contributed by atoms with Crippen molar-refractivity contribution in [1.82, 2.24) is 14.6 Å². The van der Waals surface area contributed by atoms with E-state index in [9.17, 15) is 4.79 Å². The van der Waals surface area contributed by atoms with Crippen molar-refractivity contribution >= 4 is 11.6 Å². The molecule has 0 spiro atoms. The number of rotatable bonds is 2. The van der Waals surface area contributed by atoms with E-state index in [0.29, 0.717) is 5.65 Å². The summed E-state index contributed by atoms with van der Waals surface area (Å²) in [6.45, 7) is 0.743. The number of nitrogens with zero attached hydrogens (tertiary/aromatic N) is 3. The van der Waals surface area contributed by atoms with Gasteiger partial charge in [-0.25, -0.2) is 4.79 Å². The van der Waals surface area contributed by atoms with Crippen LogP contribution >= 0.6 is 0 Å². The van der Waals surface area contributed by atoms with Crippen LogP contribution in [0.2, 0.25) is 0 Å². The standard InChI is InChI=1S/C12H13N3O3/c16-12(17)8-4-5-15-10(7-8)13-14-11(15)9-3-1-2-6-18-9/h4-5,7,9H,1-3,6H2,(H,16,17). The maximum absolute atomic E-state index is 10.9. The number of aromatic nitrogens is 3. The van der Waals surface area contributed by atoms with Crippen molar-refractivity contribution in [3.63, 3.8) is 0 Å². The van der Waals surface area contributed by atoms with Crippen LogP contribution in [-0.4, -0.2) is 32.3 Å². The second kappa shape index (κ2) is 4.38. The minimum Gasteiger partial charge on any atom is -0.478 e. The van der Waals surface area contributed by atoms with Gasteiger partial charge in [0.25, 0.3) is 0 Å². The normalized spacial score (nSPS) is 20.1. The molecule has 1 fully saturated rings. The summed E-state index contributed by atoms with van der Waals surface area (Å²) in [6.07, 6.45) is 4.78. The SMILES string of the molecule is O=C(O)c1ccn2c(C3CCCCO3)nnc2c1. The number of hydrogen-bond acceptors (Lipinski definition) is 4. The van der Waals surface area contributed by atoms with Gasteiger partial charge in [0.15, 0.2) is 11.5 Å². The highest BCUT2D eigenvalue weighted by Gasteiger charge is 2.21. The van der Waals surface area contributed by atoms with E-state index in [1.54, 1.807) is 16.7 Å². The summed E-state index contributed by atoms with van der Waals surface area (Å²) in [5, 5.41) is 17.0. The summed E-state index contributed by atoms with van der Waals surface area (Å²) in [6, 6.07) is 3.06. The van der Waals surface area contributed by atoms with Crippen molar-refractivity contribution in [2.45, 2.75) is 25.4 Å². The molecule has 6 heteroatoms. The molecule has 1 atom stereocenters. The Hall–Kier alpha value is -1.95. The topological polar surface area (TPSA) is 76.7 Å². The number of aromatic carboxylic acids is 1. The fourth-order valence-electron chi connectivity index (χ4n) is 2.21. The van der Waals surface area contributed by atoms with Crippen LogP contribution in [0, 0.1) is 0 Å². The maximum atomic E-state index is 10.9. The molecule has 0 radical (unpaired) electrons. The smallest absolute Gasteiger partial charge is 0.335 e. The van der Waals surface area contributed by atoms with E-state index in [1.165, 1.54) is 6.07 Å². The van der Waals surface area contributed by atoms with Crippen LogP contribution in [0.15, 0.2) is 18.3 Å². The second-order valence-corrected chi connectivity index (χ2v) is 4.36. The first-order valence-electron chi connectivity index (χ1n) is 5.95. The van der Waals surface area contributed by atoms with Gasteiger partial charge >= 0.3 is 5.97 Å². The minimum absolute atomic E-state index is 0.0376. The number of carbonyl (C=O) groups is 1. The molecule has 1 unspecified atom stereocenters. The van der Waals surface area contributed by atoms with Gasteiger partial charge in [0.2, 0.25) is 0 Å². The average Bonchev–Trinajstić information content (AvgIpc) is 2.82. The number of ether oxygens (including phenoxy) is 1. The molecule has 6 nitrogen and oxygen atoms in total. The van der Waals surface area contributed by atoms with Gasteiger partial charge in [0.05, 0.1) is 5.56 Å². The van der Waals surface area contributed by atoms with Gasteiger partial charge < -0.3 is 9.84 Å². The Morgan fingerprint density at radius 1 is 1.44 bits per heavy atom. The molecule has 1 N–H and O–H groups in total. The molecule has 0 aliphatic carbocycles. The highest BCUT2D eigenvalue weighted by molar-refractivity contribution is 5.88. The van der Waals surface area contributed by atoms with Gasteiger partial charge in [-0.2, -0.15) is 0 Å². The lowest BCUT2D eigenvalue weighted by atomic mass is 10.1. The van der Waals surface area contributed by atoms with E-state index in [1.807, 2.05) is 0 Å². The molecule has 0 saturated carbocycles. The maximum Gasteiger partial charge on any atom is 0.335 e. The van der Waals surface area contributed by atoms with Crippen molar-refractivity contribution in [2.75, 3.05) is 6.61 Å². The predicted molar refractivity (Wildman–Crippen MR) is 62.5 cm³/mol. The number of pyridine rings is 1. The molecule has 1 saturated heterocycles. The molecule has 0 bridgehead atoms. The molecule has 2 aromatic rings. The van der Waals surface area contributed by atoms with E-state index < -0.39 is 5.97 Å². The molecule has 94 valence electrons. The second-order valence-electron chi connectivity index (χ2n) is 4.36. The van der Waals surface area contributed by atoms with E-state index in [2.05, 4.69) is 10.2 Å². The van der Waals surface area contributed by atoms with Crippen molar-refractivity contribution in [1.29, 1.82) is 0 Å². The Morgan fingerprint density at radius 3 is 3.06 bits per heavy atom. The third-order valence-electron chi connectivity index (χ3n) is 3.15. The first kappa shape index (κ1) is 11.2. The lowest BCUT2D eigenvalue weighted by Gasteiger charge is -2.20. The van der Waals surface area contributed by atoms with Crippen LogP contribution < -0.4 is 0 Å². The summed E-state index contributed by atoms with van der Waals surface area (Å²) >= 11 is 0. The molecule has 0 amide bonds. The lowest BCUT2D eigenvalue weighted by molar-refractivity contribution is 0.00886. The molecule has 3 rings (SSSR count). The summed E-state index contributed by atoms with van der Waals surface area (Å²) in [7, 11) is 0. The molecule has 1 aliphatic heterocycles. The van der Waals surface area contributed by atoms with Gasteiger partial charge in [-0.05, 0) is 31.4 Å². The van der Waals surface area contributed by atoms with Crippen LogP contribution in [0.1, 0.15) is 41.5 Å². The van der Waals surface area contributed by atoms with Crippen LogP contribution in [-0.2, 0) is 4.74 Å². The van der Waals surface area contributed by atoms with Crippen molar-refractivity contribution in [2.24, 2.45) is 0 Å². The molecule has 1 aliphatic rings. The summed E-state index contributed by atoms with van der Waals surface area (Å²) in [4.78, 5) is 10.9. The first-order valence-corrected chi connectivity index (χ1v) is 5.95. The van der Waals surface area contributed by atoms with Crippen LogP contribution in [0.4, 0.5) is 0 Å². The molecule has 2 aromatic heterocycles. The third kappa shape index (κ3) is 1.84. The lowest BCUT2D eigenvalue weighted by Crippen LogP contribution is -2.14. The molecule has 3 heterocycles. The number of carboxylic acids is 1. The summed E-state index contributed by atoms with van der Waals surface area (Å²) in [5.41, 5.74) is 0.755. The van der Waals surface area contributed by atoms with Gasteiger partial charge in [-0.1, -0.05) is 0 Å². The number of hydrogen-bond donors (Lipinski definition) is 1. The molecular weight excluding hydrogens is 234 g/mol. The summed E-state index contributed by atoms with van der Waals surface area (Å²) < 4.78 is 7.46. The minimum atomic E-state index is -0.962. The molecule has 18 heavy (non-hydrogen) atoms. The van der Waals surface area contributed by atoms with Crippen LogP contribution in [0.5, 0.6) is 0 Å². The van der Waals surface area contributed by atoms with E-state index in [-0.39, 0.29) is 11.7 Å². The Morgan fingerprint density at radius 2 is 2.33 bits per heavy atom. The van der Waals surface area contributed by atoms with Crippen LogP contribution in [0.25, 0.3) is 5.65 Å². The monoisotopic (exact) mass is 247 g/mol. The van der Waals surface area contributed by atoms with Gasteiger partial charge in [-0.15, -0.1) is 10.2 Å². The predicted octanol–water partition coefficient (Wildman–Crippen LogP) is 1.67. The Labute approximate surface area is 103 Å². The zero-order valence-electron chi connectivity index (χ0n) is 9.74. The van der Waals surface area contributed by atoms with Crippen molar-refractivity contribution < 1.29 is 14.6 Å². The summed E-state index contributed by atoms with van der Waals surface area (Å²) in [5.74, 6) is -0.211. The zero-order chi connectivity index (χ0) is 12.5. The third-order valence-corrected chi connectivity index (χ3v) is 3.15. The Kier molecular flexibility index (Phi) is 2.71. The fraction of sp³-hybridized carbons (Fsp3) is 0.417. The van der Waals surface area contributed by atoms with Crippen molar-refractivity contribution in [3.8, 4) is 0 Å². The molecule has 0 aromatic carbocycles. The average molecular weight is 247 g/mol. The van der Waals surface area contributed by atoms with Crippen LogP contribution in [0.3, 0.4) is 0 Å².